The molecule has 0 spiro atoms. The maximum Gasteiger partial charge on any atom is 0.255 e. The Balaban J connectivity index is 1.63. The van der Waals surface area contributed by atoms with Gasteiger partial charge >= 0.3 is 0 Å². The van der Waals surface area contributed by atoms with Crippen LogP contribution in [0.5, 0.6) is 0 Å². The van der Waals surface area contributed by atoms with Gasteiger partial charge in [0.05, 0.1) is 5.56 Å². The van der Waals surface area contributed by atoms with Gasteiger partial charge in [-0.2, -0.15) is 0 Å². The molecule has 0 saturated heterocycles. The molecule has 2 amide bonds. The van der Waals surface area contributed by atoms with Crippen molar-refractivity contribution in [2.75, 3.05) is 16.8 Å². The number of anilines is 2. The molecule has 5 nitrogen and oxygen atoms in total. The smallest absolute Gasteiger partial charge is 0.255 e. The van der Waals surface area contributed by atoms with Crippen molar-refractivity contribution < 1.29 is 14.0 Å². The predicted molar refractivity (Wildman–Crippen MR) is 125 cm³/mol. The molecule has 1 aliphatic heterocycles. The molecule has 2 N–H and O–H groups in total. The number of benzene rings is 3. The van der Waals surface area contributed by atoms with E-state index in [1.807, 2.05) is 32.0 Å². The van der Waals surface area contributed by atoms with Gasteiger partial charge in [-0.05, 0) is 67.8 Å². The van der Waals surface area contributed by atoms with Gasteiger partial charge in [-0.15, -0.1) is 0 Å². The summed E-state index contributed by atoms with van der Waals surface area (Å²) in [4.78, 5) is 27.8. The first-order chi connectivity index (χ1) is 15.4. The summed E-state index contributed by atoms with van der Waals surface area (Å²) in [6, 6.07) is 19.1. The van der Waals surface area contributed by atoms with E-state index in [1.165, 1.54) is 29.3 Å². The van der Waals surface area contributed by atoms with Crippen LogP contribution in [0.25, 0.3) is 0 Å². The Morgan fingerprint density at radius 3 is 2.47 bits per heavy atom. The Hall–Kier alpha value is -3.67. The fourth-order valence-corrected chi connectivity index (χ4v) is 3.95. The molecular weight excluding hydrogens is 405 g/mol. The molecule has 1 aliphatic rings. The number of amides is 2. The zero-order chi connectivity index (χ0) is 22.7. The van der Waals surface area contributed by atoms with Crippen LogP contribution in [0.4, 0.5) is 15.8 Å². The SMILES string of the molecule is CC(C)NC(=O)c1cc(NC(=O)c2cccc(F)c2)ccc1N1CCc2ccccc2C1. The summed E-state index contributed by atoms with van der Waals surface area (Å²) >= 11 is 0. The number of carbonyl (C=O) groups is 2. The molecule has 0 fully saturated rings. The molecule has 6 heteroatoms. The number of hydrogen-bond acceptors (Lipinski definition) is 3. The molecular formula is C26H26FN3O2. The van der Waals surface area contributed by atoms with E-state index in [1.54, 1.807) is 18.2 Å². The fraction of sp³-hybridized carbons (Fsp3) is 0.231. The molecule has 0 aliphatic carbocycles. The van der Waals surface area contributed by atoms with Crippen molar-refractivity contribution >= 4 is 23.2 Å². The Kier molecular flexibility index (Phi) is 6.21. The summed E-state index contributed by atoms with van der Waals surface area (Å²) in [5, 5.41) is 5.73. The second-order valence-corrected chi connectivity index (χ2v) is 8.26. The number of fused-ring (bicyclic) bond motifs is 1. The molecule has 0 bridgehead atoms. The Morgan fingerprint density at radius 1 is 0.938 bits per heavy atom. The zero-order valence-electron chi connectivity index (χ0n) is 18.2. The highest BCUT2D eigenvalue weighted by Gasteiger charge is 2.22. The van der Waals surface area contributed by atoms with E-state index in [0.717, 1.165) is 18.7 Å². The monoisotopic (exact) mass is 431 g/mol. The number of carbonyl (C=O) groups excluding carboxylic acids is 2. The molecule has 0 aromatic heterocycles. The maximum atomic E-state index is 13.5. The molecule has 0 atom stereocenters. The van der Waals surface area contributed by atoms with Crippen LogP contribution < -0.4 is 15.5 Å². The minimum atomic E-state index is -0.477. The number of nitrogens with zero attached hydrogens (tertiary/aromatic N) is 1. The van der Waals surface area contributed by atoms with Crippen molar-refractivity contribution in [2.24, 2.45) is 0 Å². The Morgan fingerprint density at radius 2 is 1.72 bits per heavy atom. The van der Waals surface area contributed by atoms with Crippen LogP contribution in [-0.2, 0) is 13.0 Å². The molecule has 0 radical (unpaired) electrons. The lowest BCUT2D eigenvalue weighted by Gasteiger charge is -2.32. The maximum absolute atomic E-state index is 13.5. The van der Waals surface area contributed by atoms with E-state index in [2.05, 4.69) is 27.7 Å². The van der Waals surface area contributed by atoms with Gasteiger partial charge < -0.3 is 15.5 Å². The summed E-state index contributed by atoms with van der Waals surface area (Å²) in [7, 11) is 0. The van der Waals surface area contributed by atoms with Crippen molar-refractivity contribution in [3.63, 3.8) is 0 Å². The minimum Gasteiger partial charge on any atom is -0.366 e. The standard InChI is InChI=1S/C26H26FN3O2/c1-17(2)28-26(32)23-15-22(29-25(31)19-8-5-9-21(27)14-19)10-11-24(23)30-13-12-18-6-3-4-7-20(18)16-30/h3-11,14-15,17H,12-13,16H2,1-2H3,(H,28,32)(H,29,31). The van der Waals surface area contributed by atoms with Crippen LogP contribution in [0.15, 0.2) is 66.7 Å². The van der Waals surface area contributed by atoms with Crippen LogP contribution in [0, 0.1) is 5.82 Å². The topological polar surface area (TPSA) is 61.4 Å². The van der Waals surface area contributed by atoms with E-state index >= 15 is 0 Å². The molecule has 0 unspecified atom stereocenters. The second kappa shape index (κ2) is 9.22. The third-order valence-corrected chi connectivity index (χ3v) is 5.48. The molecule has 0 saturated carbocycles. The second-order valence-electron chi connectivity index (χ2n) is 8.26. The highest BCUT2D eigenvalue weighted by molar-refractivity contribution is 6.06. The highest BCUT2D eigenvalue weighted by Crippen LogP contribution is 2.30. The lowest BCUT2D eigenvalue weighted by atomic mass is 9.98. The predicted octanol–water partition coefficient (Wildman–Crippen LogP) is 4.78. The largest absolute Gasteiger partial charge is 0.366 e. The third kappa shape index (κ3) is 4.80. The average molecular weight is 432 g/mol. The molecule has 4 rings (SSSR count). The Bertz CT molecular complexity index is 1160. The van der Waals surface area contributed by atoms with Crippen LogP contribution in [0.3, 0.4) is 0 Å². The van der Waals surface area contributed by atoms with Crippen molar-refractivity contribution in [1.29, 1.82) is 0 Å². The van der Waals surface area contributed by atoms with Gasteiger partial charge in [0.2, 0.25) is 0 Å². The number of halogens is 1. The molecule has 3 aromatic rings. The zero-order valence-corrected chi connectivity index (χ0v) is 18.2. The summed E-state index contributed by atoms with van der Waals surface area (Å²) < 4.78 is 13.5. The first kappa shape index (κ1) is 21.6. The third-order valence-electron chi connectivity index (χ3n) is 5.48. The summed E-state index contributed by atoms with van der Waals surface area (Å²) in [6.07, 6.45) is 0.902. The van der Waals surface area contributed by atoms with Crippen molar-refractivity contribution in [3.05, 3.63) is 94.8 Å². The van der Waals surface area contributed by atoms with E-state index in [9.17, 15) is 14.0 Å². The van der Waals surface area contributed by atoms with Crippen LogP contribution >= 0.6 is 0 Å². The Labute approximate surface area is 187 Å². The van der Waals surface area contributed by atoms with Gasteiger partial charge in [-0.3, -0.25) is 9.59 Å². The normalized spacial score (nSPS) is 12.9. The van der Waals surface area contributed by atoms with Gasteiger partial charge in [0.15, 0.2) is 0 Å². The minimum absolute atomic E-state index is 0.0250. The molecule has 32 heavy (non-hydrogen) atoms. The lowest BCUT2D eigenvalue weighted by molar-refractivity contribution is 0.0942. The van der Waals surface area contributed by atoms with Crippen molar-refractivity contribution in [2.45, 2.75) is 32.9 Å². The summed E-state index contributed by atoms with van der Waals surface area (Å²) in [6.45, 7) is 5.33. The number of nitrogens with one attached hydrogen (secondary N) is 2. The van der Waals surface area contributed by atoms with Gasteiger partial charge in [0.1, 0.15) is 5.82 Å². The first-order valence-corrected chi connectivity index (χ1v) is 10.7. The quantitative estimate of drug-likeness (QED) is 0.611. The lowest BCUT2D eigenvalue weighted by Crippen LogP contribution is -2.35. The first-order valence-electron chi connectivity index (χ1n) is 10.7. The van der Waals surface area contributed by atoms with Crippen LogP contribution in [0.1, 0.15) is 45.7 Å². The van der Waals surface area contributed by atoms with Gasteiger partial charge in [-0.1, -0.05) is 30.3 Å². The number of rotatable bonds is 5. The number of hydrogen-bond donors (Lipinski definition) is 2. The molecule has 3 aromatic carbocycles. The van der Waals surface area contributed by atoms with Gasteiger partial charge in [0, 0.05) is 36.1 Å². The van der Waals surface area contributed by atoms with Crippen molar-refractivity contribution in [1.82, 2.24) is 5.32 Å². The van der Waals surface area contributed by atoms with Crippen LogP contribution in [0.2, 0.25) is 0 Å². The van der Waals surface area contributed by atoms with Crippen LogP contribution in [-0.4, -0.2) is 24.4 Å². The molecule has 164 valence electrons. The highest BCUT2D eigenvalue weighted by atomic mass is 19.1. The van der Waals surface area contributed by atoms with Gasteiger partial charge in [-0.25, -0.2) is 4.39 Å². The van der Waals surface area contributed by atoms with E-state index in [4.69, 9.17) is 0 Å². The van der Waals surface area contributed by atoms with E-state index < -0.39 is 11.7 Å². The molecule has 1 heterocycles. The summed E-state index contributed by atoms with van der Waals surface area (Å²) in [5.74, 6) is -1.11. The summed E-state index contributed by atoms with van der Waals surface area (Å²) in [5.41, 5.74) is 4.59. The van der Waals surface area contributed by atoms with E-state index in [0.29, 0.717) is 17.8 Å². The van der Waals surface area contributed by atoms with E-state index in [-0.39, 0.29) is 17.5 Å². The fourth-order valence-electron chi connectivity index (χ4n) is 3.95. The average Bonchev–Trinajstić information content (AvgIpc) is 2.78. The van der Waals surface area contributed by atoms with Crippen molar-refractivity contribution in [3.8, 4) is 0 Å². The van der Waals surface area contributed by atoms with Gasteiger partial charge in [0.25, 0.3) is 11.8 Å².